The number of nitrogens with zero attached hydrogens (tertiary/aromatic N) is 1. The minimum atomic E-state index is -6.75. The first kappa shape index (κ1) is 15.4. The molecule has 3 nitrogen and oxygen atoms in total. The lowest BCUT2D eigenvalue weighted by Gasteiger charge is -2.33. The van der Waals surface area contributed by atoms with Crippen LogP contribution in [0.25, 0.3) is 0 Å². The molecule has 0 aromatic carbocycles. The molecule has 0 saturated heterocycles. The van der Waals surface area contributed by atoms with Gasteiger partial charge in [0.1, 0.15) is 0 Å². The number of imide groups is 1. The maximum atomic E-state index is 13.1. The van der Waals surface area contributed by atoms with Crippen LogP contribution in [0.15, 0.2) is 12.2 Å². The second-order valence-corrected chi connectivity index (χ2v) is 3.41. The zero-order valence-corrected chi connectivity index (χ0v) is 8.52. The molecule has 0 spiro atoms. The zero-order valence-electron chi connectivity index (χ0n) is 8.52. The molecule has 0 N–H and O–H groups in total. The number of alkyl halides is 8. The van der Waals surface area contributed by atoms with Crippen molar-refractivity contribution in [1.29, 1.82) is 0 Å². The SMILES string of the molecule is O=C1C=CC(=O)N1C(F)C(F)(F)C(F)(F)C(F)(F)F. The van der Waals surface area contributed by atoms with Crippen LogP contribution in [-0.2, 0) is 9.59 Å². The van der Waals surface area contributed by atoms with Gasteiger partial charge in [-0.2, -0.15) is 30.7 Å². The van der Waals surface area contributed by atoms with Crippen molar-refractivity contribution in [2.24, 2.45) is 0 Å². The van der Waals surface area contributed by atoms with E-state index in [4.69, 9.17) is 0 Å². The maximum absolute atomic E-state index is 13.1. The molecule has 1 rings (SSSR count). The van der Waals surface area contributed by atoms with Gasteiger partial charge in [-0.3, -0.25) is 9.59 Å². The topological polar surface area (TPSA) is 37.4 Å². The molecule has 1 heterocycles. The summed E-state index contributed by atoms with van der Waals surface area (Å²) in [5.41, 5.74) is 0. The molecule has 0 aliphatic carbocycles. The molecular formula is C8H3F8NO2. The normalized spacial score (nSPS) is 19.3. The van der Waals surface area contributed by atoms with E-state index >= 15 is 0 Å². The fraction of sp³-hybridized carbons (Fsp3) is 0.500. The molecule has 0 saturated carbocycles. The van der Waals surface area contributed by atoms with E-state index in [-0.39, 0.29) is 12.2 Å². The highest BCUT2D eigenvalue weighted by atomic mass is 19.4. The second kappa shape index (κ2) is 4.17. The maximum Gasteiger partial charge on any atom is 0.460 e. The Morgan fingerprint density at radius 1 is 0.895 bits per heavy atom. The first-order chi connectivity index (χ1) is 8.34. The van der Waals surface area contributed by atoms with Crippen LogP contribution in [0, 0.1) is 0 Å². The van der Waals surface area contributed by atoms with E-state index in [1.807, 2.05) is 0 Å². The molecule has 1 aliphatic heterocycles. The highest BCUT2D eigenvalue weighted by molar-refractivity contribution is 6.13. The number of halogens is 8. The van der Waals surface area contributed by atoms with Crippen molar-refractivity contribution in [2.75, 3.05) is 0 Å². The van der Waals surface area contributed by atoms with Gasteiger partial charge < -0.3 is 0 Å². The standard InChI is InChI=1S/C8H3F8NO2/c9-5(17-3(18)1-2-4(17)19)6(10,11)7(12,13)8(14,15)16/h1-2,5H. The van der Waals surface area contributed by atoms with Crippen LogP contribution in [-0.4, -0.2) is 41.0 Å². The first-order valence-corrected chi connectivity index (χ1v) is 4.35. The van der Waals surface area contributed by atoms with Gasteiger partial charge in [-0.05, 0) is 0 Å². The Labute approximate surface area is 99.0 Å². The van der Waals surface area contributed by atoms with Crippen molar-refractivity contribution in [2.45, 2.75) is 24.3 Å². The van der Waals surface area contributed by atoms with Gasteiger partial charge in [0, 0.05) is 12.2 Å². The monoisotopic (exact) mass is 297 g/mol. The summed E-state index contributed by atoms with van der Waals surface area (Å²) in [6.07, 6.45) is -10.7. The van der Waals surface area contributed by atoms with E-state index in [1.165, 1.54) is 0 Å². The van der Waals surface area contributed by atoms with Crippen LogP contribution in [0.1, 0.15) is 0 Å². The van der Waals surface area contributed by atoms with Gasteiger partial charge in [-0.25, -0.2) is 9.29 Å². The molecule has 1 unspecified atom stereocenters. The van der Waals surface area contributed by atoms with Crippen molar-refractivity contribution in [3.8, 4) is 0 Å². The summed E-state index contributed by atoms with van der Waals surface area (Å²) in [5.74, 6) is -16.6. The minimum absolute atomic E-state index is 0.261. The Morgan fingerprint density at radius 3 is 1.58 bits per heavy atom. The van der Waals surface area contributed by atoms with Gasteiger partial charge in [0.25, 0.3) is 18.1 Å². The summed E-state index contributed by atoms with van der Waals surface area (Å²) in [6, 6.07) is 0. The molecule has 0 bridgehead atoms. The molecular weight excluding hydrogens is 294 g/mol. The van der Waals surface area contributed by atoms with Gasteiger partial charge >= 0.3 is 18.0 Å². The Morgan fingerprint density at radius 2 is 1.26 bits per heavy atom. The van der Waals surface area contributed by atoms with E-state index in [1.54, 1.807) is 0 Å². The Balaban J connectivity index is 3.14. The largest absolute Gasteiger partial charge is 0.460 e. The average molecular weight is 297 g/mol. The number of amides is 2. The lowest BCUT2D eigenvalue weighted by Crippen LogP contribution is -2.61. The summed E-state index contributed by atoms with van der Waals surface area (Å²) in [5, 5.41) is 0. The first-order valence-electron chi connectivity index (χ1n) is 4.35. The van der Waals surface area contributed by atoms with E-state index in [9.17, 15) is 44.7 Å². The molecule has 0 radical (unpaired) electrons. The highest BCUT2D eigenvalue weighted by Crippen LogP contribution is 2.49. The summed E-state index contributed by atoms with van der Waals surface area (Å²) in [4.78, 5) is 20.5. The lowest BCUT2D eigenvalue weighted by atomic mass is 10.1. The molecule has 1 atom stereocenters. The Hall–Kier alpha value is -1.68. The smallest absolute Gasteiger partial charge is 0.269 e. The molecule has 108 valence electrons. The third kappa shape index (κ3) is 2.16. The quantitative estimate of drug-likeness (QED) is 0.454. The van der Waals surface area contributed by atoms with E-state index in [0.29, 0.717) is 0 Å². The van der Waals surface area contributed by atoms with Crippen LogP contribution in [0.2, 0.25) is 0 Å². The fourth-order valence-electron chi connectivity index (χ4n) is 1.14. The number of carbonyl (C=O) groups is 2. The number of carbonyl (C=O) groups excluding carboxylic acids is 2. The van der Waals surface area contributed by atoms with Gasteiger partial charge in [0.2, 0.25) is 0 Å². The van der Waals surface area contributed by atoms with Crippen molar-refractivity contribution in [3.63, 3.8) is 0 Å². The predicted molar refractivity (Wildman–Crippen MR) is 41.8 cm³/mol. The van der Waals surface area contributed by atoms with Gasteiger partial charge in [0.05, 0.1) is 0 Å². The summed E-state index contributed by atoms with van der Waals surface area (Å²) in [6.45, 7) is 0. The highest BCUT2D eigenvalue weighted by Gasteiger charge is 2.77. The van der Waals surface area contributed by atoms with Crippen LogP contribution >= 0.6 is 0 Å². The lowest BCUT2D eigenvalue weighted by molar-refractivity contribution is -0.372. The van der Waals surface area contributed by atoms with Crippen molar-refractivity contribution >= 4 is 11.8 Å². The van der Waals surface area contributed by atoms with E-state index in [2.05, 4.69) is 0 Å². The third-order valence-corrected chi connectivity index (χ3v) is 2.14. The van der Waals surface area contributed by atoms with Crippen LogP contribution in [0.4, 0.5) is 35.1 Å². The number of hydrogen-bond acceptors (Lipinski definition) is 2. The molecule has 0 aromatic rings. The van der Waals surface area contributed by atoms with Crippen molar-refractivity contribution < 1.29 is 44.7 Å². The summed E-state index contributed by atoms with van der Waals surface area (Å²) in [7, 11) is 0. The predicted octanol–water partition coefficient (Wildman–Crippen LogP) is 2.04. The molecule has 0 aromatic heterocycles. The Kier molecular flexibility index (Phi) is 3.37. The van der Waals surface area contributed by atoms with E-state index < -0.39 is 41.0 Å². The minimum Gasteiger partial charge on any atom is -0.269 e. The Bertz CT molecular complexity index is 423. The number of rotatable bonds is 3. The van der Waals surface area contributed by atoms with Crippen LogP contribution in [0.5, 0.6) is 0 Å². The summed E-state index contributed by atoms with van der Waals surface area (Å²) >= 11 is 0. The molecule has 2 amide bonds. The van der Waals surface area contributed by atoms with Crippen molar-refractivity contribution in [3.05, 3.63) is 12.2 Å². The van der Waals surface area contributed by atoms with Gasteiger partial charge in [-0.15, -0.1) is 0 Å². The fourth-order valence-corrected chi connectivity index (χ4v) is 1.14. The van der Waals surface area contributed by atoms with E-state index in [0.717, 1.165) is 0 Å². The van der Waals surface area contributed by atoms with Gasteiger partial charge in [-0.1, -0.05) is 0 Å². The average Bonchev–Trinajstić information content (AvgIpc) is 2.55. The third-order valence-electron chi connectivity index (χ3n) is 2.14. The number of hydrogen-bond donors (Lipinski definition) is 0. The second-order valence-electron chi connectivity index (χ2n) is 3.41. The molecule has 19 heavy (non-hydrogen) atoms. The summed E-state index contributed by atoms with van der Waals surface area (Å²) < 4.78 is 99.1. The molecule has 11 heteroatoms. The van der Waals surface area contributed by atoms with Crippen LogP contribution < -0.4 is 0 Å². The van der Waals surface area contributed by atoms with Gasteiger partial charge in [0.15, 0.2) is 0 Å². The zero-order chi connectivity index (χ0) is 15.2. The molecule has 0 fully saturated rings. The van der Waals surface area contributed by atoms with Crippen LogP contribution in [0.3, 0.4) is 0 Å². The molecule has 1 aliphatic rings. The van der Waals surface area contributed by atoms with Crippen molar-refractivity contribution in [1.82, 2.24) is 4.90 Å².